The predicted molar refractivity (Wildman–Crippen MR) is 66.0 cm³/mol. The van der Waals surface area contributed by atoms with Gasteiger partial charge in [0.05, 0.1) is 15.7 Å². The van der Waals surface area contributed by atoms with E-state index in [1.54, 1.807) is 6.92 Å². The number of carbonyl (C=O) groups excluding carboxylic acids is 1. The monoisotopic (exact) mass is 262 g/mol. The fraction of sp³-hybridized carbons (Fsp3) is 0.300. The van der Waals surface area contributed by atoms with Gasteiger partial charge in [0.1, 0.15) is 6.10 Å². The average molecular weight is 263 g/mol. The summed E-state index contributed by atoms with van der Waals surface area (Å²) >= 11 is 11.8. The maximum Gasteiger partial charge on any atom is 0.253 e. The molecule has 4 nitrogen and oxygen atoms in total. The van der Waals surface area contributed by atoms with Crippen LogP contribution in [0.25, 0.3) is 0 Å². The normalized spacial score (nSPS) is 12.2. The van der Waals surface area contributed by atoms with Crippen molar-refractivity contribution in [1.29, 1.82) is 0 Å². The van der Waals surface area contributed by atoms with Crippen LogP contribution in [0.4, 0.5) is 11.4 Å². The van der Waals surface area contributed by atoms with Crippen molar-refractivity contribution in [1.82, 2.24) is 0 Å². The second-order valence-electron chi connectivity index (χ2n) is 3.23. The van der Waals surface area contributed by atoms with Crippen LogP contribution in [-0.2, 0) is 9.53 Å². The van der Waals surface area contributed by atoms with Gasteiger partial charge in [0.2, 0.25) is 0 Å². The van der Waals surface area contributed by atoms with E-state index < -0.39 is 6.10 Å². The van der Waals surface area contributed by atoms with Crippen molar-refractivity contribution in [3.8, 4) is 0 Å². The van der Waals surface area contributed by atoms with Gasteiger partial charge in [-0.1, -0.05) is 23.2 Å². The Morgan fingerprint density at radius 2 is 1.94 bits per heavy atom. The Kier molecular flexibility index (Phi) is 4.41. The number of hydrogen-bond acceptors (Lipinski definition) is 3. The third-order valence-corrected chi connectivity index (χ3v) is 2.63. The molecular formula is C10H12Cl2N2O2. The fourth-order valence-electron chi connectivity index (χ4n) is 1.04. The number of ether oxygens (including phenoxy) is 1. The molecule has 0 aliphatic carbocycles. The van der Waals surface area contributed by atoms with Crippen LogP contribution in [0.2, 0.25) is 10.0 Å². The predicted octanol–water partition coefficient (Wildman–Crippen LogP) is 2.55. The first kappa shape index (κ1) is 13.1. The molecule has 1 rings (SSSR count). The van der Waals surface area contributed by atoms with Gasteiger partial charge in [-0.25, -0.2) is 0 Å². The smallest absolute Gasteiger partial charge is 0.253 e. The number of amides is 1. The summed E-state index contributed by atoms with van der Waals surface area (Å²) in [6.45, 7) is 1.62. The van der Waals surface area contributed by atoms with Gasteiger partial charge in [0, 0.05) is 12.8 Å². The number of halogens is 2. The maximum atomic E-state index is 11.5. The molecular weight excluding hydrogens is 251 g/mol. The zero-order valence-corrected chi connectivity index (χ0v) is 10.4. The van der Waals surface area contributed by atoms with Gasteiger partial charge in [-0.2, -0.15) is 0 Å². The van der Waals surface area contributed by atoms with Crippen molar-refractivity contribution in [3.05, 3.63) is 22.2 Å². The van der Waals surface area contributed by atoms with Crippen molar-refractivity contribution < 1.29 is 9.53 Å². The van der Waals surface area contributed by atoms with E-state index in [1.165, 1.54) is 19.2 Å². The second-order valence-corrected chi connectivity index (χ2v) is 4.04. The average Bonchev–Trinajstić information content (AvgIpc) is 2.21. The Hall–Kier alpha value is -0.970. The highest BCUT2D eigenvalue weighted by Crippen LogP contribution is 2.32. The number of rotatable bonds is 3. The molecule has 0 bridgehead atoms. The molecule has 0 aliphatic rings. The van der Waals surface area contributed by atoms with Gasteiger partial charge >= 0.3 is 0 Å². The molecule has 6 heteroatoms. The summed E-state index contributed by atoms with van der Waals surface area (Å²) in [7, 11) is 1.44. The van der Waals surface area contributed by atoms with Gasteiger partial charge in [0.25, 0.3) is 5.91 Å². The van der Waals surface area contributed by atoms with Gasteiger partial charge in [-0.15, -0.1) is 0 Å². The van der Waals surface area contributed by atoms with E-state index in [1.807, 2.05) is 0 Å². The number of nitrogen functional groups attached to an aromatic ring is 1. The van der Waals surface area contributed by atoms with Gasteiger partial charge < -0.3 is 15.8 Å². The minimum absolute atomic E-state index is 0.293. The van der Waals surface area contributed by atoms with Crippen LogP contribution in [0.1, 0.15) is 6.92 Å². The van der Waals surface area contributed by atoms with E-state index in [-0.39, 0.29) is 5.91 Å². The number of nitrogens with two attached hydrogens (primary N) is 1. The lowest BCUT2D eigenvalue weighted by atomic mass is 10.2. The third kappa shape index (κ3) is 3.01. The minimum atomic E-state index is -0.579. The summed E-state index contributed by atoms with van der Waals surface area (Å²) in [5.41, 5.74) is 6.32. The van der Waals surface area contributed by atoms with Crippen LogP contribution in [-0.4, -0.2) is 19.1 Å². The molecule has 88 valence electrons. The summed E-state index contributed by atoms with van der Waals surface area (Å²) < 4.78 is 4.86. The topological polar surface area (TPSA) is 64.3 Å². The number of anilines is 2. The zero-order chi connectivity index (χ0) is 12.3. The molecule has 0 aromatic heterocycles. The summed E-state index contributed by atoms with van der Waals surface area (Å²) in [6.07, 6.45) is -0.579. The third-order valence-electron chi connectivity index (χ3n) is 2.04. The molecule has 3 N–H and O–H groups in total. The number of hydrogen-bond donors (Lipinski definition) is 2. The van der Waals surface area contributed by atoms with Gasteiger partial charge in [-0.05, 0) is 19.1 Å². The van der Waals surface area contributed by atoms with Crippen LogP contribution in [0, 0.1) is 0 Å². The first-order valence-corrected chi connectivity index (χ1v) is 5.29. The molecule has 0 radical (unpaired) electrons. The Morgan fingerprint density at radius 3 is 2.38 bits per heavy atom. The molecule has 0 saturated carbocycles. The van der Waals surface area contributed by atoms with Crippen LogP contribution >= 0.6 is 23.2 Å². The Bertz CT molecular complexity index is 387. The summed E-state index contributed by atoms with van der Waals surface area (Å²) in [6, 6.07) is 3.03. The minimum Gasteiger partial charge on any atom is -0.399 e. The summed E-state index contributed by atoms with van der Waals surface area (Å²) in [4.78, 5) is 11.5. The first-order chi connectivity index (χ1) is 7.45. The highest BCUT2D eigenvalue weighted by molar-refractivity contribution is 6.40. The van der Waals surface area contributed by atoms with E-state index in [9.17, 15) is 4.79 Å². The van der Waals surface area contributed by atoms with Crippen LogP contribution < -0.4 is 11.1 Å². The molecule has 0 heterocycles. The number of methoxy groups -OCH3 is 1. The Labute approximate surface area is 104 Å². The lowest BCUT2D eigenvalue weighted by molar-refractivity contribution is -0.124. The number of nitrogens with one attached hydrogen (secondary N) is 1. The van der Waals surface area contributed by atoms with Crippen molar-refractivity contribution in [2.24, 2.45) is 0 Å². The van der Waals surface area contributed by atoms with Crippen molar-refractivity contribution in [2.75, 3.05) is 18.2 Å². The van der Waals surface area contributed by atoms with Crippen LogP contribution in [0.15, 0.2) is 12.1 Å². The summed E-state index contributed by atoms with van der Waals surface area (Å²) in [5, 5.41) is 3.16. The van der Waals surface area contributed by atoms with Crippen LogP contribution in [0.5, 0.6) is 0 Å². The van der Waals surface area contributed by atoms with Gasteiger partial charge in [0.15, 0.2) is 0 Å². The molecule has 0 saturated heterocycles. The Morgan fingerprint density at radius 1 is 1.44 bits per heavy atom. The standard InChI is InChI=1S/C10H12Cl2N2O2/c1-5(16-2)10(15)14-9-7(11)3-6(13)4-8(9)12/h3-5H,13H2,1-2H3,(H,14,15). The van der Waals surface area contributed by atoms with E-state index in [2.05, 4.69) is 5.32 Å². The van der Waals surface area contributed by atoms with Crippen molar-refractivity contribution >= 4 is 40.5 Å². The largest absolute Gasteiger partial charge is 0.399 e. The zero-order valence-electron chi connectivity index (χ0n) is 8.88. The number of benzene rings is 1. The lowest BCUT2D eigenvalue weighted by Gasteiger charge is -2.13. The molecule has 1 aromatic rings. The van der Waals surface area contributed by atoms with E-state index in [4.69, 9.17) is 33.7 Å². The molecule has 1 unspecified atom stereocenters. The number of carbonyl (C=O) groups is 1. The SMILES string of the molecule is COC(C)C(=O)Nc1c(Cl)cc(N)cc1Cl. The highest BCUT2D eigenvalue weighted by Gasteiger charge is 2.15. The quantitative estimate of drug-likeness (QED) is 0.823. The molecule has 1 amide bonds. The molecule has 0 fully saturated rings. The van der Waals surface area contributed by atoms with Crippen LogP contribution in [0.3, 0.4) is 0 Å². The second kappa shape index (κ2) is 5.39. The summed E-state index contributed by atoms with van der Waals surface area (Å²) in [5.74, 6) is -0.323. The van der Waals surface area contributed by atoms with Crippen molar-refractivity contribution in [2.45, 2.75) is 13.0 Å². The molecule has 1 aromatic carbocycles. The van der Waals surface area contributed by atoms with Gasteiger partial charge in [-0.3, -0.25) is 4.79 Å². The lowest BCUT2D eigenvalue weighted by Crippen LogP contribution is -2.26. The van der Waals surface area contributed by atoms with Crippen molar-refractivity contribution in [3.63, 3.8) is 0 Å². The molecule has 0 aliphatic heterocycles. The van der Waals surface area contributed by atoms with E-state index >= 15 is 0 Å². The maximum absolute atomic E-state index is 11.5. The molecule has 0 spiro atoms. The Balaban J connectivity index is 2.93. The first-order valence-electron chi connectivity index (χ1n) is 4.54. The van der Waals surface area contributed by atoms with E-state index in [0.717, 1.165) is 0 Å². The molecule has 1 atom stereocenters. The molecule has 16 heavy (non-hydrogen) atoms. The fourth-order valence-corrected chi connectivity index (χ4v) is 1.64. The highest BCUT2D eigenvalue weighted by atomic mass is 35.5. The van der Waals surface area contributed by atoms with E-state index in [0.29, 0.717) is 21.4 Å².